The molecule has 0 spiro atoms. The molecule has 2 rings (SSSR count). The fourth-order valence-electron chi connectivity index (χ4n) is 1.96. The van der Waals surface area contributed by atoms with Crippen molar-refractivity contribution in [3.8, 4) is 6.01 Å². The Bertz CT molecular complexity index is 433. The minimum absolute atomic E-state index is 0.0473. The molecular weight excluding hydrogens is 242 g/mol. The van der Waals surface area contributed by atoms with Crippen molar-refractivity contribution in [3.05, 3.63) is 0 Å². The summed E-state index contributed by atoms with van der Waals surface area (Å²) in [5.41, 5.74) is 0. The molecule has 0 bridgehead atoms. The van der Waals surface area contributed by atoms with Crippen molar-refractivity contribution < 1.29 is 4.74 Å². The first kappa shape index (κ1) is 13.8. The number of hydrogen-bond acceptors (Lipinski definition) is 6. The summed E-state index contributed by atoms with van der Waals surface area (Å²) < 4.78 is 5.57. The highest BCUT2D eigenvalue weighted by Crippen LogP contribution is 2.35. The molecule has 1 aromatic heterocycles. The molecule has 0 aromatic carbocycles. The van der Waals surface area contributed by atoms with E-state index in [0.717, 1.165) is 5.92 Å². The quantitative estimate of drug-likeness (QED) is 0.848. The van der Waals surface area contributed by atoms with Crippen LogP contribution < -0.4 is 15.0 Å². The summed E-state index contributed by atoms with van der Waals surface area (Å²) in [5, 5.41) is 2.95. The first-order valence-corrected chi connectivity index (χ1v) is 6.84. The molecule has 1 heterocycles. The second kappa shape index (κ2) is 5.59. The van der Waals surface area contributed by atoms with Crippen molar-refractivity contribution in [2.24, 2.45) is 5.92 Å². The van der Waals surface area contributed by atoms with Gasteiger partial charge in [0, 0.05) is 20.1 Å². The molecule has 6 heteroatoms. The van der Waals surface area contributed by atoms with E-state index in [1.807, 2.05) is 20.9 Å². The van der Waals surface area contributed by atoms with Crippen molar-refractivity contribution in [2.45, 2.75) is 45.8 Å². The average Bonchev–Trinajstić information content (AvgIpc) is 3.20. The highest BCUT2D eigenvalue weighted by Gasteiger charge is 2.31. The van der Waals surface area contributed by atoms with Gasteiger partial charge in [0.15, 0.2) is 0 Å². The van der Waals surface area contributed by atoms with E-state index in [1.165, 1.54) is 12.8 Å². The topological polar surface area (TPSA) is 63.2 Å². The lowest BCUT2D eigenvalue weighted by Crippen LogP contribution is -2.32. The largest absolute Gasteiger partial charge is 0.461 e. The molecular formula is C13H23N5O. The summed E-state index contributed by atoms with van der Waals surface area (Å²) in [6.45, 7) is 6.13. The second-order valence-electron chi connectivity index (χ2n) is 5.35. The molecule has 1 fully saturated rings. The highest BCUT2D eigenvalue weighted by atomic mass is 16.5. The molecule has 1 saturated carbocycles. The van der Waals surface area contributed by atoms with Crippen molar-refractivity contribution >= 4 is 11.9 Å². The smallest absolute Gasteiger partial charge is 0.323 e. The molecule has 1 aliphatic carbocycles. The zero-order chi connectivity index (χ0) is 14.0. The van der Waals surface area contributed by atoms with Gasteiger partial charge in [0.1, 0.15) is 0 Å². The maximum Gasteiger partial charge on any atom is 0.323 e. The van der Waals surface area contributed by atoms with Crippen LogP contribution in [0.4, 0.5) is 11.9 Å². The van der Waals surface area contributed by atoms with Crippen LogP contribution in [0.15, 0.2) is 0 Å². The molecule has 106 valence electrons. The summed E-state index contributed by atoms with van der Waals surface area (Å²) in [4.78, 5) is 15.1. The van der Waals surface area contributed by atoms with E-state index in [2.05, 4.69) is 32.1 Å². The van der Waals surface area contributed by atoms with Gasteiger partial charge in [0.25, 0.3) is 0 Å². The van der Waals surface area contributed by atoms with E-state index in [1.54, 1.807) is 7.05 Å². The van der Waals surface area contributed by atoms with Crippen LogP contribution in [0.2, 0.25) is 0 Å². The molecule has 0 saturated heterocycles. The number of nitrogens with zero attached hydrogens (tertiary/aromatic N) is 4. The van der Waals surface area contributed by atoms with E-state index in [0.29, 0.717) is 23.9 Å². The third-order valence-electron chi connectivity index (χ3n) is 3.40. The lowest BCUT2D eigenvalue weighted by molar-refractivity contribution is 0.222. The number of ether oxygens (including phenoxy) is 1. The zero-order valence-corrected chi connectivity index (χ0v) is 12.3. The number of nitrogens with one attached hydrogen (secondary N) is 1. The van der Waals surface area contributed by atoms with E-state index in [9.17, 15) is 0 Å². The molecule has 0 amide bonds. The van der Waals surface area contributed by atoms with Crippen molar-refractivity contribution in [1.29, 1.82) is 0 Å². The Morgan fingerprint density at radius 3 is 2.42 bits per heavy atom. The monoisotopic (exact) mass is 265 g/mol. The molecule has 1 aliphatic rings. The van der Waals surface area contributed by atoms with E-state index >= 15 is 0 Å². The number of hydrogen-bond donors (Lipinski definition) is 1. The zero-order valence-electron chi connectivity index (χ0n) is 12.3. The third-order valence-corrected chi connectivity index (χ3v) is 3.40. The summed E-state index contributed by atoms with van der Waals surface area (Å²) in [6.07, 6.45) is 2.64. The summed E-state index contributed by atoms with van der Waals surface area (Å²) in [7, 11) is 3.82. The van der Waals surface area contributed by atoms with Crippen molar-refractivity contribution in [1.82, 2.24) is 15.0 Å². The first-order valence-electron chi connectivity index (χ1n) is 6.84. The number of anilines is 2. The number of rotatable bonds is 6. The Hall–Kier alpha value is -1.59. The van der Waals surface area contributed by atoms with Crippen molar-refractivity contribution in [2.75, 3.05) is 24.3 Å². The second-order valence-corrected chi connectivity index (χ2v) is 5.35. The molecule has 0 radical (unpaired) electrons. The van der Waals surface area contributed by atoms with E-state index in [-0.39, 0.29) is 6.10 Å². The molecule has 6 nitrogen and oxygen atoms in total. The fourth-order valence-corrected chi connectivity index (χ4v) is 1.96. The van der Waals surface area contributed by atoms with Gasteiger partial charge in [-0.25, -0.2) is 0 Å². The summed E-state index contributed by atoms with van der Waals surface area (Å²) in [6, 6.07) is 0.818. The fraction of sp³-hybridized carbons (Fsp3) is 0.769. The summed E-state index contributed by atoms with van der Waals surface area (Å²) in [5.74, 6) is 1.96. The van der Waals surface area contributed by atoms with Gasteiger partial charge in [0.2, 0.25) is 11.9 Å². The predicted molar refractivity (Wildman–Crippen MR) is 75.7 cm³/mol. The van der Waals surface area contributed by atoms with Gasteiger partial charge >= 0.3 is 6.01 Å². The molecule has 0 aliphatic heterocycles. The maximum absolute atomic E-state index is 5.57. The first-order chi connectivity index (χ1) is 9.01. The molecule has 19 heavy (non-hydrogen) atoms. The Balaban J connectivity index is 2.22. The Morgan fingerprint density at radius 2 is 1.89 bits per heavy atom. The van der Waals surface area contributed by atoms with Gasteiger partial charge < -0.3 is 15.0 Å². The van der Waals surface area contributed by atoms with Crippen LogP contribution in [-0.4, -0.2) is 41.2 Å². The standard InChI is InChI=1S/C13H23N5O/c1-8(2)19-13-16-11(14-4)15-12(17-13)18(5)9(3)10-6-7-10/h8-10H,6-7H2,1-5H3,(H,14,15,16,17). The van der Waals surface area contributed by atoms with Crippen LogP contribution in [0.5, 0.6) is 6.01 Å². The average molecular weight is 265 g/mol. The minimum atomic E-state index is 0.0473. The van der Waals surface area contributed by atoms with Crippen LogP contribution in [0, 0.1) is 5.92 Å². The minimum Gasteiger partial charge on any atom is -0.461 e. The Morgan fingerprint density at radius 1 is 1.21 bits per heavy atom. The number of aromatic nitrogens is 3. The van der Waals surface area contributed by atoms with Gasteiger partial charge in [-0.15, -0.1) is 0 Å². The van der Waals surface area contributed by atoms with Crippen LogP contribution in [0.1, 0.15) is 33.6 Å². The third kappa shape index (κ3) is 3.45. The lowest BCUT2D eigenvalue weighted by Gasteiger charge is -2.25. The van der Waals surface area contributed by atoms with Gasteiger partial charge in [-0.05, 0) is 39.5 Å². The molecule has 1 atom stereocenters. The van der Waals surface area contributed by atoms with E-state index < -0.39 is 0 Å². The van der Waals surface area contributed by atoms with Gasteiger partial charge in [-0.2, -0.15) is 15.0 Å². The Kier molecular flexibility index (Phi) is 4.07. The van der Waals surface area contributed by atoms with E-state index in [4.69, 9.17) is 4.74 Å². The lowest BCUT2D eigenvalue weighted by atomic mass is 10.2. The predicted octanol–water partition coefficient (Wildman–Crippen LogP) is 1.94. The summed E-state index contributed by atoms with van der Waals surface area (Å²) >= 11 is 0. The van der Waals surface area contributed by atoms with Gasteiger partial charge in [0.05, 0.1) is 6.10 Å². The van der Waals surface area contributed by atoms with Crippen LogP contribution >= 0.6 is 0 Å². The maximum atomic E-state index is 5.57. The van der Waals surface area contributed by atoms with Crippen LogP contribution in [-0.2, 0) is 0 Å². The SMILES string of the molecule is CNc1nc(OC(C)C)nc(N(C)C(C)C2CC2)n1. The van der Waals surface area contributed by atoms with Gasteiger partial charge in [-0.3, -0.25) is 0 Å². The molecule has 1 N–H and O–H groups in total. The van der Waals surface area contributed by atoms with Gasteiger partial charge in [-0.1, -0.05) is 0 Å². The normalized spacial score (nSPS) is 16.3. The van der Waals surface area contributed by atoms with Crippen LogP contribution in [0.3, 0.4) is 0 Å². The highest BCUT2D eigenvalue weighted by molar-refractivity contribution is 5.38. The van der Waals surface area contributed by atoms with Crippen LogP contribution in [0.25, 0.3) is 0 Å². The Labute approximate surface area is 114 Å². The molecule has 1 unspecified atom stereocenters. The molecule has 1 aromatic rings. The van der Waals surface area contributed by atoms with Crippen molar-refractivity contribution in [3.63, 3.8) is 0 Å².